The summed E-state index contributed by atoms with van der Waals surface area (Å²) in [5.41, 5.74) is 3.87. The maximum atomic E-state index is 13.7. The molecule has 2 saturated carbocycles. The van der Waals surface area contributed by atoms with Crippen LogP contribution < -0.4 is 15.6 Å². The molecule has 39 heavy (non-hydrogen) atoms. The van der Waals surface area contributed by atoms with Crippen LogP contribution in [0.25, 0.3) is 22.6 Å². The Morgan fingerprint density at radius 1 is 1.05 bits per heavy atom. The Morgan fingerprint density at radius 2 is 1.85 bits per heavy atom. The van der Waals surface area contributed by atoms with Crippen LogP contribution in [0, 0.1) is 12.8 Å². The lowest BCUT2D eigenvalue weighted by Crippen LogP contribution is -2.29. The van der Waals surface area contributed by atoms with Crippen LogP contribution in [0.4, 0.5) is 5.82 Å². The standard InChI is InChI=1S/C26H29N9O3S/c1-14-21(22(17-6-7-17)32-13-31-14)23-30-12-20-25(34-23)35(15(2)16-4-5-16)26(36)24(33-20)29-10-18-8-9-19(11-28-18)39(37,38)27-3/h8-9,11-13,15-17,27H,4-7,10H2,1-3H3,(H,29,33)/t15-/m0/s1. The third-order valence-electron chi connectivity index (χ3n) is 7.41. The molecule has 0 aliphatic heterocycles. The summed E-state index contributed by atoms with van der Waals surface area (Å²) in [6.45, 7) is 4.16. The number of pyridine rings is 1. The van der Waals surface area contributed by atoms with Crippen LogP contribution in [0.15, 0.2) is 40.5 Å². The Kier molecular flexibility index (Phi) is 6.34. The van der Waals surface area contributed by atoms with Crippen molar-refractivity contribution in [1.29, 1.82) is 0 Å². The number of hydrogen-bond donors (Lipinski definition) is 2. The summed E-state index contributed by atoms with van der Waals surface area (Å²) in [6.07, 6.45) is 8.80. The minimum atomic E-state index is -3.58. The van der Waals surface area contributed by atoms with E-state index < -0.39 is 10.0 Å². The summed E-state index contributed by atoms with van der Waals surface area (Å²) in [6, 6.07) is 3.00. The molecule has 2 aliphatic rings. The lowest BCUT2D eigenvalue weighted by molar-refractivity contribution is 0.482. The van der Waals surface area contributed by atoms with Gasteiger partial charge in [0.25, 0.3) is 5.56 Å². The SMILES string of the molecule is CNS(=O)(=O)c1ccc(CNc2nc3cnc(-c4c(C)ncnc4C4CC4)nc3n([C@@H](C)C3CC3)c2=O)nc1. The Labute approximate surface area is 225 Å². The Bertz CT molecular complexity index is 1730. The molecule has 1 atom stereocenters. The predicted octanol–water partition coefficient (Wildman–Crippen LogP) is 2.72. The fourth-order valence-corrected chi connectivity index (χ4v) is 5.48. The van der Waals surface area contributed by atoms with Crippen molar-refractivity contribution in [2.75, 3.05) is 12.4 Å². The lowest BCUT2D eigenvalue weighted by Gasteiger charge is -2.19. The van der Waals surface area contributed by atoms with Gasteiger partial charge in [0.05, 0.1) is 35.4 Å². The average Bonchev–Trinajstić information content (AvgIpc) is 3.85. The van der Waals surface area contributed by atoms with E-state index in [1.807, 2.05) is 13.8 Å². The summed E-state index contributed by atoms with van der Waals surface area (Å²) in [5.74, 6) is 1.45. The van der Waals surface area contributed by atoms with Crippen LogP contribution in [-0.2, 0) is 16.6 Å². The zero-order chi connectivity index (χ0) is 27.3. The summed E-state index contributed by atoms with van der Waals surface area (Å²) in [7, 11) is -2.24. The number of hydrogen-bond acceptors (Lipinski definition) is 10. The van der Waals surface area contributed by atoms with Gasteiger partial charge in [-0.2, -0.15) is 0 Å². The molecule has 12 nitrogen and oxygen atoms in total. The van der Waals surface area contributed by atoms with Crippen molar-refractivity contribution < 1.29 is 8.42 Å². The van der Waals surface area contributed by atoms with Crippen LogP contribution in [0.3, 0.4) is 0 Å². The highest BCUT2D eigenvalue weighted by Crippen LogP contribution is 2.43. The van der Waals surface area contributed by atoms with E-state index in [9.17, 15) is 13.2 Å². The Balaban J connectivity index is 1.38. The molecule has 0 radical (unpaired) electrons. The topological polar surface area (TPSA) is 158 Å². The first-order valence-corrected chi connectivity index (χ1v) is 14.5. The normalized spacial score (nSPS) is 16.4. The Hall–Kier alpha value is -3.84. The van der Waals surface area contributed by atoms with Gasteiger partial charge in [0.15, 0.2) is 17.3 Å². The Morgan fingerprint density at radius 3 is 2.51 bits per heavy atom. The maximum Gasteiger partial charge on any atom is 0.295 e. The van der Waals surface area contributed by atoms with Crippen LogP contribution in [0.5, 0.6) is 0 Å². The zero-order valence-corrected chi connectivity index (χ0v) is 22.7. The molecule has 4 aromatic rings. The molecule has 0 spiro atoms. The van der Waals surface area contributed by atoms with Gasteiger partial charge >= 0.3 is 0 Å². The molecule has 2 N–H and O–H groups in total. The smallest absolute Gasteiger partial charge is 0.295 e. The second kappa shape index (κ2) is 9.72. The van der Waals surface area contributed by atoms with Crippen molar-refractivity contribution in [2.24, 2.45) is 5.92 Å². The first kappa shape index (κ1) is 25.4. The molecule has 4 heterocycles. The first-order valence-electron chi connectivity index (χ1n) is 13.0. The number of aryl methyl sites for hydroxylation is 1. The van der Waals surface area contributed by atoms with Crippen molar-refractivity contribution >= 4 is 27.0 Å². The lowest BCUT2D eigenvalue weighted by atomic mass is 10.1. The number of sulfonamides is 1. The molecule has 202 valence electrons. The highest BCUT2D eigenvalue weighted by atomic mass is 32.2. The van der Waals surface area contributed by atoms with Gasteiger partial charge in [-0.15, -0.1) is 0 Å². The number of nitrogens with zero attached hydrogens (tertiary/aromatic N) is 7. The second-order valence-electron chi connectivity index (χ2n) is 10.2. The van der Waals surface area contributed by atoms with E-state index in [0.29, 0.717) is 34.5 Å². The molecule has 13 heteroatoms. The molecule has 4 aromatic heterocycles. The van der Waals surface area contributed by atoms with Gasteiger partial charge in [-0.1, -0.05) is 0 Å². The fraction of sp³-hybridized carbons (Fsp3) is 0.423. The van der Waals surface area contributed by atoms with Crippen LogP contribution in [0.2, 0.25) is 0 Å². The van der Waals surface area contributed by atoms with E-state index in [2.05, 4.69) is 35.0 Å². The molecule has 2 aliphatic carbocycles. The van der Waals surface area contributed by atoms with Gasteiger partial charge in [-0.25, -0.2) is 38.1 Å². The molecule has 0 saturated heterocycles. The maximum absolute atomic E-state index is 13.7. The van der Waals surface area contributed by atoms with Crippen molar-refractivity contribution in [2.45, 2.75) is 62.9 Å². The highest BCUT2D eigenvalue weighted by Gasteiger charge is 2.33. The number of aromatic nitrogens is 7. The third-order valence-corrected chi connectivity index (χ3v) is 8.81. The largest absolute Gasteiger partial charge is 0.360 e. The molecule has 0 amide bonds. The first-order chi connectivity index (χ1) is 18.8. The van der Waals surface area contributed by atoms with E-state index in [4.69, 9.17) is 4.98 Å². The van der Waals surface area contributed by atoms with Crippen molar-refractivity contribution in [3.8, 4) is 11.4 Å². The number of fused-ring (bicyclic) bond motifs is 1. The minimum absolute atomic E-state index is 0.0634. The summed E-state index contributed by atoms with van der Waals surface area (Å²) >= 11 is 0. The molecular formula is C26H29N9O3S. The van der Waals surface area contributed by atoms with E-state index in [1.54, 1.807) is 23.2 Å². The number of rotatable bonds is 9. The molecular weight excluding hydrogens is 518 g/mol. The molecule has 0 bridgehead atoms. The molecule has 2 fully saturated rings. The summed E-state index contributed by atoms with van der Waals surface area (Å²) < 4.78 is 27.9. The van der Waals surface area contributed by atoms with Crippen LogP contribution in [-0.4, -0.2) is 49.9 Å². The van der Waals surface area contributed by atoms with Crippen molar-refractivity contribution in [3.63, 3.8) is 0 Å². The average molecular weight is 548 g/mol. The monoisotopic (exact) mass is 547 g/mol. The van der Waals surface area contributed by atoms with Gasteiger partial charge in [-0.05, 0) is 64.6 Å². The van der Waals surface area contributed by atoms with E-state index >= 15 is 0 Å². The van der Waals surface area contributed by atoms with Gasteiger partial charge in [0.2, 0.25) is 10.0 Å². The van der Waals surface area contributed by atoms with Crippen molar-refractivity contribution in [3.05, 3.63) is 58.3 Å². The number of nitrogens with one attached hydrogen (secondary N) is 2. The zero-order valence-electron chi connectivity index (χ0n) is 21.9. The fourth-order valence-electron chi connectivity index (χ4n) is 4.81. The van der Waals surface area contributed by atoms with E-state index in [-0.39, 0.29) is 28.9 Å². The molecule has 0 aromatic carbocycles. The summed E-state index contributed by atoms with van der Waals surface area (Å²) in [4.78, 5) is 41.0. The third kappa shape index (κ3) is 4.87. The van der Waals surface area contributed by atoms with Gasteiger partial charge in [-0.3, -0.25) is 14.3 Å². The van der Waals surface area contributed by atoms with Crippen LogP contribution >= 0.6 is 0 Å². The number of anilines is 1. The van der Waals surface area contributed by atoms with E-state index in [1.165, 1.54) is 19.3 Å². The molecule has 0 unspecified atom stereocenters. The predicted molar refractivity (Wildman–Crippen MR) is 145 cm³/mol. The summed E-state index contributed by atoms with van der Waals surface area (Å²) in [5, 5.41) is 3.09. The highest BCUT2D eigenvalue weighted by molar-refractivity contribution is 7.89. The molecule has 6 rings (SSSR count). The van der Waals surface area contributed by atoms with E-state index in [0.717, 1.165) is 42.6 Å². The van der Waals surface area contributed by atoms with Gasteiger partial charge in [0, 0.05) is 18.2 Å². The van der Waals surface area contributed by atoms with Gasteiger partial charge in [0.1, 0.15) is 16.7 Å². The van der Waals surface area contributed by atoms with Crippen LogP contribution in [0.1, 0.15) is 61.6 Å². The van der Waals surface area contributed by atoms with Crippen molar-refractivity contribution in [1.82, 2.24) is 39.2 Å². The van der Waals surface area contributed by atoms with Gasteiger partial charge < -0.3 is 5.32 Å². The second-order valence-corrected chi connectivity index (χ2v) is 12.0. The quantitative estimate of drug-likeness (QED) is 0.319. The minimum Gasteiger partial charge on any atom is -0.360 e.